The number of rotatable bonds is 6. The first-order valence-corrected chi connectivity index (χ1v) is 6.98. The lowest BCUT2D eigenvalue weighted by molar-refractivity contribution is 0.151. The maximum Gasteiger partial charge on any atom is 0.263 e. The molecule has 1 aliphatic heterocycles. The standard InChI is InChI=1S/C15H22F2N2/c1-12(11-19-8-2-3-9-19)18-10-13-4-6-14(7-5-13)15(16)17/h4-7,12,15,18H,2-3,8-11H2,1H3. The van der Waals surface area contributed by atoms with Crippen molar-refractivity contribution in [3.05, 3.63) is 35.4 Å². The van der Waals surface area contributed by atoms with Crippen LogP contribution in [0.4, 0.5) is 8.78 Å². The van der Waals surface area contributed by atoms with Crippen LogP contribution in [0, 0.1) is 0 Å². The molecule has 1 aliphatic rings. The first-order valence-electron chi connectivity index (χ1n) is 6.98. The van der Waals surface area contributed by atoms with Crippen molar-refractivity contribution in [1.82, 2.24) is 10.2 Å². The van der Waals surface area contributed by atoms with Gasteiger partial charge in [0.1, 0.15) is 0 Å². The summed E-state index contributed by atoms with van der Waals surface area (Å²) in [6, 6.07) is 6.99. The molecular weight excluding hydrogens is 246 g/mol. The van der Waals surface area contributed by atoms with E-state index in [0.29, 0.717) is 6.04 Å². The van der Waals surface area contributed by atoms with Crippen LogP contribution < -0.4 is 5.32 Å². The summed E-state index contributed by atoms with van der Waals surface area (Å²) in [5.41, 5.74) is 1.14. The van der Waals surface area contributed by atoms with Crippen LogP contribution in [0.5, 0.6) is 0 Å². The first-order chi connectivity index (χ1) is 9.15. The van der Waals surface area contributed by atoms with E-state index >= 15 is 0 Å². The van der Waals surface area contributed by atoms with Crippen LogP contribution in [0.2, 0.25) is 0 Å². The normalized spacial score (nSPS) is 18.1. The smallest absolute Gasteiger partial charge is 0.263 e. The van der Waals surface area contributed by atoms with Crippen LogP contribution in [0.15, 0.2) is 24.3 Å². The molecule has 2 nitrogen and oxygen atoms in total. The average Bonchev–Trinajstić information content (AvgIpc) is 2.89. The molecule has 1 aromatic carbocycles. The molecule has 1 fully saturated rings. The van der Waals surface area contributed by atoms with E-state index in [1.165, 1.54) is 38.1 Å². The number of halogens is 2. The van der Waals surface area contributed by atoms with Crippen LogP contribution in [0.25, 0.3) is 0 Å². The minimum Gasteiger partial charge on any atom is -0.309 e. The Bertz CT molecular complexity index is 372. The molecule has 1 saturated heterocycles. The molecule has 1 atom stereocenters. The van der Waals surface area contributed by atoms with Gasteiger partial charge in [0.25, 0.3) is 6.43 Å². The van der Waals surface area contributed by atoms with Crippen molar-refractivity contribution in [2.24, 2.45) is 0 Å². The third-order valence-corrected chi connectivity index (χ3v) is 3.62. The monoisotopic (exact) mass is 268 g/mol. The van der Waals surface area contributed by atoms with E-state index < -0.39 is 6.43 Å². The maximum atomic E-state index is 12.4. The lowest BCUT2D eigenvalue weighted by atomic mass is 10.1. The summed E-state index contributed by atoms with van der Waals surface area (Å²) in [5.74, 6) is 0. The van der Waals surface area contributed by atoms with Crippen LogP contribution >= 0.6 is 0 Å². The molecule has 4 heteroatoms. The van der Waals surface area contributed by atoms with Crippen LogP contribution in [-0.2, 0) is 6.54 Å². The van der Waals surface area contributed by atoms with Gasteiger partial charge in [-0.05, 0) is 38.4 Å². The summed E-state index contributed by atoms with van der Waals surface area (Å²) in [4.78, 5) is 2.47. The fourth-order valence-electron chi connectivity index (χ4n) is 2.49. The Kier molecular flexibility index (Phi) is 5.28. The van der Waals surface area contributed by atoms with Gasteiger partial charge < -0.3 is 10.2 Å². The van der Waals surface area contributed by atoms with E-state index in [9.17, 15) is 8.78 Å². The zero-order chi connectivity index (χ0) is 13.7. The highest BCUT2D eigenvalue weighted by Crippen LogP contribution is 2.18. The molecule has 0 aliphatic carbocycles. The van der Waals surface area contributed by atoms with E-state index in [2.05, 4.69) is 17.1 Å². The first kappa shape index (κ1) is 14.4. The Balaban J connectivity index is 1.74. The topological polar surface area (TPSA) is 15.3 Å². The number of hydrogen-bond donors (Lipinski definition) is 1. The predicted octanol–water partition coefficient (Wildman–Crippen LogP) is 3.20. The number of benzene rings is 1. The molecule has 1 N–H and O–H groups in total. The van der Waals surface area contributed by atoms with E-state index in [0.717, 1.165) is 18.7 Å². The molecule has 106 valence electrons. The molecule has 0 bridgehead atoms. The Hall–Kier alpha value is -1.00. The summed E-state index contributed by atoms with van der Waals surface area (Å²) in [7, 11) is 0. The molecule has 0 radical (unpaired) electrons. The molecular formula is C15H22F2N2. The van der Waals surface area contributed by atoms with Gasteiger partial charge in [-0.25, -0.2) is 8.78 Å². The van der Waals surface area contributed by atoms with Gasteiger partial charge >= 0.3 is 0 Å². The van der Waals surface area contributed by atoms with Crippen molar-refractivity contribution >= 4 is 0 Å². The zero-order valence-corrected chi connectivity index (χ0v) is 11.4. The summed E-state index contributed by atoms with van der Waals surface area (Å²) >= 11 is 0. The highest BCUT2D eigenvalue weighted by atomic mass is 19.3. The van der Waals surface area contributed by atoms with Crippen molar-refractivity contribution in [3.63, 3.8) is 0 Å². The van der Waals surface area contributed by atoms with E-state index in [1.54, 1.807) is 12.1 Å². The minimum atomic E-state index is -2.38. The number of alkyl halides is 2. The Morgan fingerprint density at radius 2 is 1.79 bits per heavy atom. The molecule has 1 unspecified atom stereocenters. The van der Waals surface area contributed by atoms with Crippen molar-refractivity contribution in [2.45, 2.75) is 38.8 Å². The summed E-state index contributed by atoms with van der Waals surface area (Å²) in [6.45, 7) is 6.38. The minimum absolute atomic E-state index is 0.0915. The quantitative estimate of drug-likeness (QED) is 0.852. The van der Waals surface area contributed by atoms with E-state index in [1.807, 2.05) is 0 Å². The van der Waals surface area contributed by atoms with Crippen LogP contribution in [-0.4, -0.2) is 30.6 Å². The largest absolute Gasteiger partial charge is 0.309 e. The molecule has 0 aromatic heterocycles. The maximum absolute atomic E-state index is 12.4. The van der Waals surface area contributed by atoms with Gasteiger partial charge in [0.2, 0.25) is 0 Å². The third kappa shape index (κ3) is 4.55. The third-order valence-electron chi connectivity index (χ3n) is 3.62. The van der Waals surface area contributed by atoms with E-state index in [4.69, 9.17) is 0 Å². The second kappa shape index (κ2) is 6.96. The van der Waals surface area contributed by atoms with Crippen molar-refractivity contribution in [2.75, 3.05) is 19.6 Å². The van der Waals surface area contributed by atoms with Crippen LogP contribution in [0.1, 0.15) is 37.3 Å². The van der Waals surface area contributed by atoms with Gasteiger partial charge in [-0.3, -0.25) is 0 Å². The second-order valence-corrected chi connectivity index (χ2v) is 5.33. The molecule has 1 heterocycles. The number of nitrogens with one attached hydrogen (secondary N) is 1. The predicted molar refractivity (Wildman–Crippen MR) is 73.4 cm³/mol. The van der Waals surface area contributed by atoms with E-state index in [-0.39, 0.29) is 5.56 Å². The summed E-state index contributed by atoms with van der Waals surface area (Å²) in [6.07, 6.45) is 0.236. The highest BCUT2D eigenvalue weighted by Gasteiger charge is 2.14. The Morgan fingerprint density at radius 3 is 2.37 bits per heavy atom. The average molecular weight is 268 g/mol. The number of hydrogen-bond acceptors (Lipinski definition) is 2. The fourth-order valence-corrected chi connectivity index (χ4v) is 2.49. The summed E-state index contributed by atoms with van der Waals surface area (Å²) < 4.78 is 24.8. The van der Waals surface area contributed by atoms with Gasteiger partial charge in [0.15, 0.2) is 0 Å². The fraction of sp³-hybridized carbons (Fsp3) is 0.600. The molecule has 0 amide bonds. The van der Waals surface area contributed by atoms with Crippen LogP contribution in [0.3, 0.4) is 0 Å². The number of nitrogens with zero attached hydrogens (tertiary/aromatic N) is 1. The SMILES string of the molecule is CC(CN1CCCC1)NCc1ccc(C(F)F)cc1. The lowest BCUT2D eigenvalue weighted by Crippen LogP contribution is -2.37. The molecule has 2 rings (SSSR count). The molecule has 19 heavy (non-hydrogen) atoms. The number of likely N-dealkylation sites (tertiary alicyclic amines) is 1. The van der Waals surface area contributed by atoms with Gasteiger partial charge in [0.05, 0.1) is 0 Å². The lowest BCUT2D eigenvalue weighted by Gasteiger charge is -2.21. The Labute approximate surface area is 113 Å². The van der Waals surface area contributed by atoms with Crippen molar-refractivity contribution in [3.8, 4) is 0 Å². The van der Waals surface area contributed by atoms with Gasteiger partial charge in [0, 0.05) is 24.7 Å². The zero-order valence-electron chi connectivity index (χ0n) is 11.4. The van der Waals surface area contributed by atoms with Gasteiger partial charge in [-0.1, -0.05) is 24.3 Å². The molecule has 1 aromatic rings. The summed E-state index contributed by atoms with van der Waals surface area (Å²) in [5, 5.41) is 3.45. The second-order valence-electron chi connectivity index (χ2n) is 5.33. The van der Waals surface area contributed by atoms with Gasteiger partial charge in [-0.15, -0.1) is 0 Å². The van der Waals surface area contributed by atoms with Crippen molar-refractivity contribution < 1.29 is 8.78 Å². The van der Waals surface area contributed by atoms with Crippen molar-refractivity contribution in [1.29, 1.82) is 0 Å². The Morgan fingerprint density at radius 1 is 1.16 bits per heavy atom. The molecule has 0 saturated carbocycles. The highest BCUT2D eigenvalue weighted by molar-refractivity contribution is 5.23. The van der Waals surface area contributed by atoms with Gasteiger partial charge in [-0.2, -0.15) is 0 Å². The molecule has 0 spiro atoms.